The summed E-state index contributed by atoms with van der Waals surface area (Å²) in [5.41, 5.74) is 6.60. The standard InChI is InChI=1S/C13H17N3O2S/c14-6-11-8-16(3-4-17-11)7-10-9-18-13(15-10)12-2-1-5-19-12/h1-2,5,9,11H,3-4,6-8,14H2. The quantitative estimate of drug-likeness (QED) is 0.920. The van der Waals surface area contributed by atoms with Crippen molar-refractivity contribution in [2.45, 2.75) is 12.6 Å². The average molecular weight is 279 g/mol. The summed E-state index contributed by atoms with van der Waals surface area (Å²) in [5, 5.41) is 2.02. The Balaban J connectivity index is 1.64. The highest BCUT2D eigenvalue weighted by atomic mass is 32.1. The van der Waals surface area contributed by atoms with Gasteiger partial charge in [-0.3, -0.25) is 4.90 Å². The lowest BCUT2D eigenvalue weighted by atomic mass is 10.2. The van der Waals surface area contributed by atoms with E-state index in [-0.39, 0.29) is 6.10 Å². The van der Waals surface area contributed by atoms with Gasteiger partial charge in [0.05, 0.1) is 23.3 Å². The summed E-state index contributed by atoms with van der Waals surface area (Å²) in [5.74, 6) is 0.702. The fourth-order valence-electron chi connectivity index (χ4n) is 2.19. The number of hydrogen-bond donors (Lipinski definition) is 1. The third-order valence-electron chi connectivity index (χ3n) is 3.16. The Morgan fingerprint density at radius 1 is 1.53 bits per heavy atom. The van der Waals surface area contributed by atoms with Gasteiger partial charge in [0.1, 0.15) is 6.26 Å². The first-order chi connectivity index (χ1) is 9.35. The van der Waals surface area contributed by atoms with Gasteiger partial charge in [-0.05, 0) is 11.4 Å². The molecule has 3 rings (SSSR count). The van der Waals surface area contributed by atoms with E-state index in [0.717, 1.165) is 36.8 Å². The van der Waals surface area contributed by atoms with Gasteiger partial charge in [-0.1, -0.05) is 6.07 Å². The number of morpholine rings is 1. The summed E-state index contributed by atoms with van der Waals surface area (Å²) in [6.45, 7) is 3.86. The van der Waals surface area contributed by atoms with Crippen LogP contribution in [0.15, 0.2) is 28.2 Å². The molecule has 2 aromatic heterocycles. The largest absolute Gasteiger partial charge is 0.444 e. The molecule has 102 valence electrons. The second-order valence-corrected chi connectivity index (χ2v) is 5.53. The van der Waals surface area contributed by atoms with Gasteiger partial charge in [-0.15, -0.1) is 11.3 Å². The molecular weight excluding hydrogens is 262 g/mol. The van der Waals surface area contributed by atoms with E-state index in [9.17, 15) is 0 Å². The fraction of sp³-hybridized carbons (Fsp3) is 0.462. The Kier molecular flexibility index (Phi) is 3.93. The molecule has 2 N–H and O–H groups in total. The predicted molar refractivity (Wildman–Crippen MR) is 73.9 cm³/mol. The summed E-state index contributed by atoms with van der Waals surface area (Å²) >= 11 is 1.63. The first-order valence-electron chi connectivity index (χ1n) is 6.37. The second-order valence-electron chi connectivity index (χ2n) is 4.58. The summed E-state index contributed by atoms with van der Waals surface area (Å²) in [4.78, 5) is 7.89. The van der Waals surface area contributed by atoms with Gasteiger partial charge in [0.2, 0.25) is 5.89 Å². The van der Waals surface area contributed by atoms with Crippen LogP contribution in [-0.2, 0) is 11.3 Å². The lowest BCUT2D eigenvalue weighted by Crippen LogP contribution is -2.45. The average Bonchev–Trinajstić information content (AvgIpc) is 3.09. The summed E-state index contributed by atoms with van der Waals surface area (Å²) < 4.78 is 11.1. The van der Waals surface area contributed by atoms with E-state index in [4.69, 9.17) is 14.9 Å². The van der Waals surface area contributed by atoms with E-state index in [1.54, 1.807) is 17.6 Å². The minimum absolute atomic E-state index is 0.136. The molecule has 19 heavy (non-hydrogen) atoms. The Morgan fingerprint density at radius 3 is 3.26 bits per heavy atom. The highest BCUT2D eigenvalue weighted by molar-refractivity contribution is 7.13. The van der Waals surface area contributed by atoms with Crippen LogP contribution in [0.5, 0.6) is 0 Å². The van der Waals surface area contributed by atoms with Crippen LogP contribution in [0, 0.1) is 0 Å². The van der Waals surface area contributed by atoms with E-state index < -0.39 is 0 Å². The summed E-state index contributed by atoms with van der Waals surface area (Å²) in [7, 11) is 0. The molecule has 0 radical (unpaired) electrons. The number of aromatic nitrogens is 1. The molecule has 0 bridgehead atoms. The number of rotatable bonds is 4. The Morgan fingerprint density at radius 2 is 2.47 bits per heavy atom. The lowest BCUT2D eigenvalue weighted by Gasteiger charge is -2.31. The van der Waals surface area contributed by atoms with Gasteiger partial charge in [0.15, 0.2) is 0 Å². The number of oxazole rings is 1. The van der Waals surface area contributed by atoms with Crippen molar-refractivity contribution in [2.24, 2.45) is 5.73 Å². The van der Waals surface area contributed by atoms with Crippen molar-refractivity contribution in [1.29, 1.82) is 0 Å². The van der Waals surface area contributed by atoms with Crippen molar-refractivity contribution in [3.05, 3.63) is 29.5 Å². The van der Waals surface area contributed by atoms with Gasteiger partial charge in [-0.25, -0.2) is 4.98 Å². The molecule has 5 nitrogen and oxygen atoms in total. The van der Waals surface area contributed by atoms with E-state index in [0.29, 0.717) is 12.4 Å². The smallest absolute Gasteiger partial charge is 0.236 e. The monoisotopic (exact) mass is 279 g/mol. The van der Waals surface area contributed by atoms with Crippen LogP contribution in [-0.4, -0.2) is 42.2 Å². The molecule has 0 aliphatic carbocycles. The molecule has 1 aliphatic heterocycles. The second kappa shape index (κ2) is 5.83. The molecule has 2 aromatic rings. The Bertz CT molecular complexity index is 512. The number of hydrogen-bond acceptors (Lipinski definition) is 6. The van der Waals surface area contributed by atoms with Gasteiger partial charge >= 0.3 is 0 Å². The highest BCUT2D eigenvalue weighted by Gasteiger charge is 2.20. The highest BCUT2D eigenvalue weighted by Crippen LogP contribution is 2.24. The molecule has 3 heterocycles. The number of ether oxygens (including phenoxy) is 1. The number of nitrogens with two attached hydrogens (primary N) is 1. The first kappa shape index (κ1) is 12.8. The minimum atomic E-state index is 0.136. The summed E-state index contributed by atoms with van der Waals surface area (Å²) in [6.07, 6.45) is 1.87. The molecule has 6 heteroatoms. The maximum Gasteiger partial charge on any atom is 0.236 e. The van der Waals surface area contributed by atoms with E-state index in [1.165, 1.54) is 0 Å². The van der Waals surface area contributed by atoms with Crippen LogP contribution in [0.2, 0.25) is 0 Å². The van der Waals surface area contributed by atoms with Gasteiger partial charge in [0, 0.05) is 26.2 Å². The molecule has 1 saturated heterocycles. The van der Waals surface area contributed by atoms with Gasteiger partial charge in [-0.2, -0.15) is 0 Å². The minimum Gasteiger partial charge on any atom is -0.444 e. The first-order valence-corrected chi connectivity index (χ1v) is 7.25. The van der Waals surface area contributed by atoms with E-state index in [1.807, 2.05) is 17.5 Å². The zero-order chi connectivity index (χ0) is 13.1. The Labute approximate surface area is 116 Å². The zero-order valence-corrected chi connectivity index (χ0v) is 11.4. The zero-order valence-electron chi connectivity index (χ0n) is 10.6. The van der Waals surface area contributed by atoms with E-state index >= 15 is 0 Å². The van der Waals surface area contributed by atoms with Crippen LogP contribution >= 0.6 is 11.3 Å². The third-order valence-corrected chi connectivity index (χ3v) is 4.01. The number of nitrogens with zero attached hydrogens (tertiary/aromatic N) is 2. The van der Waals surface area contributed by atoms with Crippen molar-refractivity contribution in [3.8, 4) is 10.8 Å². The fourth-order valence-corrected chi connectivity index (χ4v) is 2.84. The lowest BCUT2D eigenvalue weighted by molar-refractivity contribution is -0.0264. The molecule has 1 fully saturated rings. The van der Waals surface area contributed by atoms with Crippen LogP contribution < -0.4 is 5.73 Å². The van der Waals surface area contributed by atoms with Gasteiger partial charge in [0.25, 0.3) is 0 Å². The van der Waals surface area contributed by atoms with Crippen LogP contribution in [0.4, 0.5) is 0 Å². The van der Waals surface area contributed by atoms with Crippen molar-refractivity contribution >= 4 is 11.3 Å². The van der Waals surface area contributed by atoms with Crippen LogP contribution in [0.1, 0.15) is 5.69 Å². The normalized spacial score (nSPS) is 20.8. The maximum absolute atomic E-state index is 5.64. The topological polar surface area (TPSA) is 64.5 Å². The van der Waals surface area contributed by atoms with Crippen molar-refractivity contribution < 1.29 is 9.15 Å². The molecule has 1 atom stereocenters. The summed E-state index contributed by atoms with van der Waals surface area (Å²) in [6, 6.07) is 4.01. The molecule has 1 unspecified atom stereocenters. The van der Waals surface area contributed by atoms with Crippen LogP contribution in [0.25, 0.3) is 10.8 Å². The van der Waals surface area contributed by atoms with Crippen molar-refractivity contribution in [2.75, 3.05) is 26.2 Å². The number of thiophene rings is 1. The SMILES string of the molecule is NCC1CN(Cc2coc(-c3cccs3)n2)CCO1. The third kappa shape index (κ3) is 3.03. The van der Waals surface area contributed by atoms with E-state index in [2.05, 4.69) is 9.88 Å². The molecule has 0 amide bonds. The molecule has 0 spiro atoms. The van der Waals surface area contributed by atoms with Gasteiger partial charge < -0.3 is 14.9 Å². The molecule has 0 saturated carbocycles. The van der Waals surface area contributed by atoms with Crippen molar-refractivity contribution in [3.63, 3.8) is 0 Å². The van der Waals surface area contributed by atoms with Crippen molar-refractivity contribution in [1.82, 2.24) is 9.88 Å². The maximum atomic E-state index is 5.64. The van der Waals surface area contributed by atoms with Crippen LogP contribution in [0.3, 0.4) is 0 Å². The molecule has 0 aromatic carbocycles. The molecule has 1 aliphatic rings. The Hall–Kier alpha value is -1.21. The molecular formula is C13H17N3O2S. The predicted octanol–water partition coefficient (Wildman–Crippen LogP) is 1.56.